The van der Waals surface area contributed by atoms with Gasteiger partial charge in [0.25, 0.3) is 0 Å². The number of allylic oxidation sites excluding steroid dienone is 3. The number of hydrogen-bond acceptors (Lipinski definition) is 2. The molecule has 2 rings (SSSR count). The fraction of sp³-hybridized carbons (Fsp3) is 0.182. The summed E-state index contributed by atoms with van der Waals surface area (Å²) in [5.74, 6) is 0.105. The minimum atomic E-state index is 0.0504. The minimum Gasteiger partial charge on any atom is -0.295 e. The average Bonchev–Trinajstić information content (AvgIpc) is 2.55. The second kappa shape index (κ2) is 7.22. The molecule has 0 atom stereocenters. The highest BCUT2D eigenvalue weighted by Gasteiger charge is 2.11. The standard InChI is InChI=1S/C22H22O2/c1-14(2)22(21-12-10-20(11-13-21)17(5)24)15(3)18-6-8-19(9-7-18)16(4)23/h6-13H,3H2,1-2,4-5H3. The Balaban J connectivity index is 2.40. The molecule has 2 aromatic carbocycles. The molecule has 2 heteroatoms. The van der Waals surface area contributed by atoms with Crippen molar-refractivity contribution in [2.75, 3.05) is 0 Å². The summed E-state index contributed by atoms with van der Waals surface area (Å²) in [5, 5.41) is 0. The Bertz CT molecular complexity index is 815. The summed E-state index contributed by atoms with van der Waals surface area (Å²) < 4.78 is 0. The number of rotatable bonds is 5. The summed E-state index contributed by atoms with van der Waals surface area (Å²) in [6, 6.07) is 15.1. The highest BCUT2D eigenvalue weighted by molar-refractivity contribution is 6.06. The maximum Gasteiger partial charge on any atom is 0.159 e. The van der Waals surface area contributed by atoms with Crippen LogP contribution >= 0.6 is 0 Å². The molecule has 0 N–H and O–H groups in total. The van der Waals surface area contributed by atoms with Gasteiger partial charge in [0, 0.05) is 11.1 Å². The first kappa shape index (κ1) is 17.6. The molecule has 122 valence electrons. The van der Waals surface area contributed by atoms with E-state index in [2.05, 4.69) is 6.58 Å². The molecule has 2 nitrogen and oxygen atoms in total. The molecule has 0 unspecified atom stereocenters. The summed E-state index contributed by atoms with van der Waals surface area (Å²) in [5.41, 5.74) is 6.50. The summed E-state index contributed by atoms with van der Waals surface area (Å²) in [7, 11) is 0. The van der Waals surface area contributed by atoms with Crippen LogP contribution in [-0.2, 0) is 0 Å². The molecule has 0 saturated carbocycles. The number of benzene rings is 2. The minimum absolute atomic E-state index is 0.0504. The number of hydrogen-bond donors (Lipinski definition) is 0. The van der Waals surface area contributed by atoms with Crippen molar-refractivity contribution in [3.8, 4) is 0 Å². The maximum absolute atomic E-state index is 11.4. The third kappa shape index (κ3) is 3.77. The van der Waals surface area contributed by atoms with Crippen LogP contribution in [0.3, 0.4) is 0 Å². The van der Waals surface area contributed by atoms with Crippen molar-refractivity contribution in [1.29, 1.82) is 0 Å². The first-order valence-corrected chi connectivity index (χ1v) is 7.90. The van der Waals surface area contributed by atoms with E-state index in [0.717, 1.165) is 27.8 Å². The Kier molecular flexibility index (Phi) is 5.30. The highest BCUT2D eigenvalue weighted by Crippen LogP contribution is 2.32. The summed E-state index contributed by atoms with van der Waals surface area (Å²) >= 11 is 0. The van der Waals surface area contributed by atoms with Crippen LogP contribution in [0.25, 0.3) is 11.1 Å². The third-order valence-electron chi connectivity index (χ3n) is 4.02. The Morgan fingerprint density at radius 3 is 1.29 bits per heavy atom. The molecule has 0 aliphatic rings. The molecule has 0 heterocycles. The van der Waals surface area contributed by atoms with E-state index in [1.165, 1.54) is 0 Å². The van der Waals surface area contributed by atoms with E-state index in [9.17, 15) is 9.59 Å². The Morgan fingerprint density at radius 1 is 0.625 bits per heavy atom. The van der Waals surface area contributed by atoms with E-state index in [-0.39, 0.29) is 11.6 Å². The lowest BCUT2D eigenvalue weighted by atomic mass is 9.89. The molecular formula is C22H22O2. The molecule has 0 aliphatic heterocycles. The van der Waals surface area contributed by atoms with E-state index in [1.54, 1.807) is 13.8 Å². The largest absolute Gasteiger partial charge is 0.295 e. The lowest BCUT2D eigenvalue weighted by molar-refractivity contribution is 0.100. The number of carbonyl (C=O) groups is 2. The van der Waals surface area contributed by atoms with E-state index in [0.29, 0.717) is 11.1 Å². The maximum atomic E-state index is 11.4. The number of carbonyl (C=O) groups excluding carboxylic acids is 2. The van der Waals surface area contributed by atoms with Crippen LogP contribution in [0, 0.1) is 0 Å². The van der Waals surface area contributed by atoms with Gasteiger partial charge in [-0.1, -0.05) is 60.7 Å². The number of ketones is 2. The Hall–Kier alpha value is -2.74. The van der Waals surface area contributed by atoms with Crippen molar-refractivity contribution in [2.45, 2.75) is 27.7 Å². The average molecular weight is 318 g/mol. The van der Waals surface area contributed by atoms with Gasteiger partial charge in [-0.2, -0.15) is 0 Å². The van der Waals surface area contributed by atoms with Gasteiger partial charge in [-0.3, -0.25) is 9.59 Å². The summed E-state index contributed by atoms with van der Waals surface area (Å²) in [6.45, 7) is 11.5. The molecule has 0 radical (unpaired) electrons. The van der Waals surface area contributed by atoms with Crippen molar-refractivity contribution in [2.24, 2.45) is 0 Å². The molecule has 0 aliphatic carbocycles. The van der Waals surface area contributed by atoms with E-state index in [1.807, 2.05) is 62.4 Å². The molecule has 0 saturated heterocycles. The zero-order valence-electron chi connectivity index (χ0n) is 14.6. The monoisotopic (exact) mass is 318 g/mol. The second-order valence-corrected chi connectivity index (χ2v) is 6.12. The first-order chi connectivity index (χ1) is 11.3. The van der Waals surface area contributed by atoms with Gasteiger partial charge in [-0.05, 0) is 50.0 Å². The fourth-order valence-corrected chi connectivity index (χ4v) is 2.69. The molecule has 0 bridgehead atoms. The van der Waals surface area contributed by atoms with Gasteiger partial charge in [0.05, 0.1) is 0 Å². The van der Waals surface area contributed by atoms with Crippen LogP contribution < -0.4 is 0 Å². The van der Waals surface area contributed by atoms with Crippen LogP contribution in [0.2, 0.25) is 0 Å². The molecule has 2 aromatic rings. The quantitative estimate of drug-likeness (QED) is 0.531. The molecule has 0 spiro atoms. The van der Waals surface area contributed by atoms with E-state index in [4.69, 9.17) is 0 Å². The lowest BCUT2D eigenvalue weighted by Gasteiger charge is -2.15. The van der Waals surface area contributed by atoms with Gasteiger partial charge in [-0.25, -0.2) is 0 Å². The van der Waals surface area contributed by atoms with Crippen molar-refractivity contribution in [1.82, 2.24) is 0 Å². The van der Waals surface area contributed by atoms with Gasteiger partial charge >= 0.3 is 0 Å². The molecule has 0 aromatic heterocycles. The topological polar surface area (TPSA) is 34.1 Å². The van der Waals surface area contributed by atoms with Gasteiger partial charge in [0.2, 0.25) is 0 Å². The SMILES string of the molecule is C=C(C(=C(C)C)c1ccc(C(C)=O)cc1)c1ccc(C(C)=O)cc1. The zero-order valence-corrected chi connectivity index (χ0v) is 14.6. The third-order valence-corrected chi connectivity index (χ3v) is 4.02. The Labute approximate surface area is 143 Å². The lowest BCUT2D eigenvalue weighted by Crippen LogP contribution is -1.96. The van der Waals surface area contributed by atoms with Gasteiger partial charge < -0.3 is 0 Å². The molecule has 0 fully saturated rings. The summed E-state index contributed by atoms with van der Waals surface area (Å²) in [4.78, 5) is 22.9. The first-order valence-electron chi connectivity index (χ1n) is 7.90. The van der Waals surface area contributed by atoms with Crippen LogP contribution in [0.4, 0.5) is 0 Å². The molecule has 24 heavy (non-hydrogen) atoms. The highest BCUT2D eigenvalue weighted by atomic mass is 16.1. The van der Waals surface area contributed by atoms with Crippen LogP contribution in [0.15, 0.2) is 60.7 Å². The number of Topliss-reactive ketones (excluding diaryl/α,β-unsaturated/α-hetero) is 2. The zero-order chi connectivity index (χ0) is 17.9. The van der Waals surface area contributed by atoms with Crippen molar-refractivity contribution in [3.05, 3.63) is 82.9 Å². The van der Waals surface area contributed by atoms with Gasteiger partial charge in [0.15, 0.2) is 11.6 Å². The van der Waals surface area contributed by atoms with Gasteiger partial charge in [0.1, 0.15) is 0 Å². The molecule has 0 amide bonds. The van der Waals surface area contributed by atoms with Crippen molar-refractivity contribution in [3.63, 3.8) is 0 Å². The summed E-state index contributed by atoms with van der Waals surface area (Å²) in [6.07, 6.45) is 0. The van der Waals surface area contributed by atoms with Gasteiger partial charge in [-0.15, -0.1) is 0 Å². The van der Waals surface area contributed by atoms with E-state index >= 15 is 0 Å². The van der Waals surface area contributed by atoms with E-state index < -0.39 is 0 Å². The smallest absolute Gasteiger partial charge is 0.159 e. The van der Waals surface area contributed by atoms with Crippen molar-refractivity contribution < 1.29 is 9.59 Å². The van der Waals surface area contributed by atoms with Crippen LogP contribution in [0.1, 0.15) is 59.5 Å². The fourth-order valence-electron chi connectivity index (χ4n) is 2.69. The van der Waals surface area contributed by atoms with Crippen LogP contribution in [0.5, 0.6) is 0 Å². The normalized spacial score (nSPS) is 10.2. The Morgan fingerprint density at radius 2 is 0.958 bits per heavy atom. The molecular weight excluding hydrogens is 296 g/mol. The predicted molar refractivity (Wildman–Crippen MR) is 100 cm³/mol. The predicted octanol–water partition coefficient (Wildman–Crippen LogP) is 5.60. The van der Waals surface area contributed by atoms with Crippen LogP contribution in [-0.4, -0.2) is 11.6 Å². The van der Waals surface area contributed by atoms with Crippen molar-refractivity contribution >= 4 is 22.7 Å². The second-order valence-electron chi connectivity index (χ2n) is 6.12.